The van der Waals surface area contributed by atoms with Crippen LogP contribution in [0.3, 0.4) is 0 Å². The second kappa shape index (κ2) is 14.8. The first-order valence-electron chi connectivity index (χ1n) is 12.7. The van der Waals surface area contributed by atoms with E-state index < -0.39 is 0 Å². The van der Waals surface area contributed by atoms with Gasteiger partial charge in [-0.2, -0.15) is 0 Å². The van der Waals surface area contributed by atoms with E-state index in [-0.39, 0.29) is 17.7 Å². The lowest BCUT2D eigenvalue weighted by molar-refractivity contribution is -0.119. The second-order valence-corrected chi connectivity index (χ2v) is 9.84. The highest BCUT2D eigenvalue weighted by Gasteiger charge is 2.15. The van der Waals surface area contributed by atoms with Crippen LogP contribution in [0.25, 0.3) is 5.57 Å². The fourth-order valence-electron chi connectivity index (χ4n) is 3.96. The van der Waals surface area contributed by atoms with Gasteiger partial charge >= 0.3 is 0 Å². The van der Waals surface area contributed by atoms with Crippen LogP contribution in [-0.2, 0) is 11.3 Å². The van der Waals surface area contributed by atoms with Crippen molar-refractivity contribution in [2.24, 2.45) is 5.73 Å². The van der Waals surface area contributed by atoms with Crippen LogP contribution in [0.2, 0.25) is 0 Å². The van der Waals surface area contributed by atoms with Crippen LogP contribution in [0.4, 0.5) is 5.69 Å². The molecule has 1 heterocycles. The third kappa shape index (κ3) is 8.14. The van der Waals surface area contributed by atoms with Crippen molar-refractivity contribution in [3.8, 4) is 23.0 Å². The third-order valence-corrected chi connectivity index (χ3v) is 6.83. The first-order chi connectivity index (χ1) is 19.3. The van der Waals surface area contributed by atoms with Crippen LogP contribution < -0.4 is 35.3 Å². The molecule has 1 atom stereocenters. The Bertz CT molecular complexity index is 1340. The molecular formula is C31H37N3O5S. The maximum absolute atomic E-state index is 12.8. The van der Waals surface area contributed by atoms with Gasteiger partial charge in [0.05, 0.1) is 21.3 Å². The molecule has 0 fully saturated rings. The molecule has 1 aromatic heterocycles. The Labute approximate surface area is 240 Å². The number of hydrogen-bond donors (Lipinski definition) is 3. The normalized spacial score (nSPS) is 12.1. The highest BCUT2D eigenvalue weighted by Crippen LogP contribution is 2.40. The van der Waals surface area contributed by atoms with Gasteiger partial charge < -0.3 is 35.3 Å². The Hall–Kier alpha value is -4.21. The Balaban J connectivity index is 1.61. The van der Waals surface area contributed by atoms with Gasteiger partial charge in [-0.05, 0) is 48.1 Å². The van der Waals surface area contributed by atoms with E-state index in [2.05, 4.69) is 17.2 Å². The minimum absolute atomic E-state index is 0.0156. The lowest BCUT2D eigenvalue weighted by Gasteiger charge is -2.16. The zero-order valence-electron chi connectivity index (χ0n) is 23.6. The maximum atomic E-state index is 12.8. The van der Waals surface area contributed by atoms with Crippen molar-refractivity contribution >= 4 is 28.5 Å². The highest BCUT2D eigenvalue weighted by atomic mass is 32.1. The third-order valence-electron chi connectivity index (χ3n) is 5.91. The van der Waals surface area contributed by atoms with Gasteiger partial charge in [-0.25, -0.2) is 0 Å². The summed E-state index contributed by atoms with van der Waals surface area (Å²) in [4.78, 5) is 13.9. The summed E-state index contributed by atoms with van der Waals surface area (Å²) in [6, 6.07) is 13.2. The molecule has 0 aliphatic heterocycles. The van der Waals surface area contributed by atoms with Gasteiger partial charge in [0.15, 0.2) is 17.3 Å². The molecule has 9 heteroatoms. The second-order valence-electron chi connectivity index (χ2n) is 8.89. The van der Waals surface area contributed by atoms with Crippen molar-refractivity contribution in [3.63, 3.8) is 0 Å². The molecule has 40 heavy (non-hydrogen) atoms. The fourth-order valence-corrected chi connectivity index (χ4v) is 4.69. The number of hydrogen-bond acceptors (Lipinski definition) is 8. The summed E-state index contributed by atoms with van der Waals surface area (Å²) in [5.41, 5.74) is 9.34. The molecule has 3 rings (SSSR count). The zero-order valence-corrected chi connectivity index (χ0v) is 24.4. The molecule has 0 radical (unpaired) electrons. The number of amides is 1. The molecule has 2 aromatic carbocycles. The number of ether oxygens (including phenoxy) is 4. The Morgan fingerprint density at radius 2 is 1.80 bits per heavy atom. The Kier molecular flexibility index (Phi) is 11.2. The van der Waals surface area contributed by atoms with E-state index in [4.69, 9.17) is 24.7 Å². The summed E-state index contributed by atoms with van der Waals surface area (Å²) < 4.78 is 22.1. The van der Waals surface area contributed by atoms with Gasteiger partial charge in [0, 0.05) is 41.8 Å². The molecule has 0 spiro atoms. The Morgan fingerprint density at radius 1 is 1.07 bits per heavy atom. The largest absolute Gasteiger partial charge is 0.493 e. The number of carbonyl (C=O) groups excluding carboxylic acids is 1. The summed E-state index contributed by atoms with van der Waals surface area (Å²) in [5.74, 6) is 1.87. The van der Waals surface area contributed by atoms with Crippen LogP contribution in [-0.4, -0.2) is 39.8 Å². The quantitative estimate of drug-likeness (QED) is 0.132. The van der Waals surface area contributed by atoms with Crippen LogP contribution in [0.1, 0.15) is 22.9 Å². The average Bonchev–Trinajstić information content (AvgIpc) is 3.49. The van der Waals surface area contributed by atoms with E-state index in [9.17, 15) is 4.79 Å². The van der Waals surface area contributed by atoms with Crippen molar-refractivity contribution < 1.29 is 23.7 Å². The summed E-state index contributed by atoms with van der Waals surface area (Å²) >= 11 is 1.62. The first kappa shape index (κ1) is 30.3. The van der Waals surface area contributed by atoms with Gasteiger partial charge in [0.25, 0.3) is 5.91 Å². The predicted molar refractivity (Wildman–Crippen MR) is 162 cm³/mol. The van der Waals surface area contributed by atoms with Crippen molar-refractivity contribution in [2.75, 3.05) is 33.2 Å². The smallest absolute Gasteiger partial charge is 0.286 e. The van der Waals surface area contributed by atoms with Crippen molar-refractivity contribution in [3.05, 3.63) is 94.4 Å². The number of nitrogens with one attached hydrogen (secondary N) is 2. The summed E-state index contributed by atoms with van der Waals surface area (Å²) in [7, 11) is 4.73. The molecule has 212 valence electrons. The number of benzene rings is 2. The maximum Gasteiger partial charge on any atom is 0.286 e. The van der Waals surface area contributed by atoms with Gasteiger partial charge in [0.2, 0.25) is 5.75 Å². The van der Waals surface area contributed by atoms with Gasteiger partial charge in [-0.1, -0.05) is 43.0 Å². The minimum Gasteiger partial charge on any atom is -0.493 e. The van der Waals surface area contributed by atoms with E-state index in [1.54, 1.807) is 32.7 Å². The van der Waals surface area contributed by atoms with Crippen LogP contribution in [0.15, 0.2) is 78.4 Å². The predicted octanol–water partition coefficient (Wildman–Crippen LogP) is 5.69. The number of anilines is 1. The molecular weight excluding hydrogens is 526 g/mol. The number of allylic oxidation sites excluding steroid dienone is 2. The van der Waals surface area contributed by atoms with E-state index in [1.807, 2.05) is 79.9 Å². The fraction of sp³-hybridized carbons (Fsp3) is 0.258. The van der Waals surface area contributed by atoms with Crippen molar-refractivity contribution in [2.45, 2.75) is 26.4 Å². The monoisotopic (exact) mass is 563 g/mol. The molecule has 1 unspecified atom stereocenters. The molecule has 1 amide bonds. The SMILES string of the molecule is C=C(Oc1ccc(CNc2cc(OC)c(OC)c(OC)c2)cc1C)C(=O)NC(C)/C=C(\C=C/CN)c1cccs1. The standard InChI is InChI=1S/C31H37N3O5S/c1-20-15-23(19-33-25-17-27(36-4)30(38-6)28(18-25)37-5)11-12-26(20)39-22(3)31(35)34-21(2)16-24(9-7-13-32)29-10-8-14-40-29/h7-12,14-18,21,33H,3,13,19,32H2,1-2,4-6H3,(H,34,35)/b9-7-,24-16+. The van der Waals surface area contributed by atoms with E-state index >= 15 is 0 Å². The molecule has 0 aliphatic carbocycles. The number of methoxy groups -OCH3 is 3. The topological polar surface area (TPSA) is 104 Å². The van der Waals surface area contributed by atoms with Gasteiger partial charge in [0.1, 0.15) is 5.75 Å². The van der Waals surface area contributed by atoms with Crippen LogP contribution in [0.5, 0.6) is 23.0 Å². The van der Waals surface area contributed by atoms with E-state index in [0.29, 0.717) is 36.1 Å². The molecule has 3 aromatic rings. The zero-order chi connectivity index (χ0) is 29.1. The van der Waals surface area contributed by atoms with E-state index in [1.165, 1.54) is 0 Å². The highest BCUT2D eigenvalue weighted by molar-refractivity contribution is 7.11. The first-order valence-corrected chi connectivity index (χ1v) is 13.6. The lowest BCUT2D eigenvalue weighted by Crippen LogP contribution is -2.33. The minimum atomic E-state index is -0.385. The molecule has 0 saturated carbocycles. The molecule has 0 aliphatic rings. The molecule has 4 N–H and O–H groups in total. The molecule has 0 saturated heterocycles. The van der Waals surface area contributed by atoms with Crippen LogP contribution in [0, 0.1) is 6.92 Å². The number of nitrogens with two attached hydrogens (primary N) is 1. The average molecular weight is 564 g/mol. The number of thiophene rings is 1. The number of aryl methyl sites for hydroxylation is 1. The number of rotatable bonds is 14. The lowest BCUT2D eigenvalue weighted by atomic mass is 10.1. The van der Waals surface area contributed by atoms with Crippen LogP contribution >= 0.6 is 11.3 Å². The molecule has 0 bridgehead atoms. The van der Waals surface area contributed by atoms with Gasteiger partial charge in [-0.3, -0.25) is 4.79 Å². The summed E-state index contributed by atoms with van der Waals surface area (Å²) in [6.07, 6.45) is 5.82. The van der Waals surface area contributed by atoms with E-state index in [0.717, 1.165) is 27.3 Å². The molecule has 8 nitrogen and oxygen atoms in total. The Morgan fingerprint density at radius 3 is 2.38 bits per heavy atom. The summed E-state index contributed by atoms with van der Waals surface area (Å²) in [5, 5.41) is 8.31. The van der Waals surface area contributed by atoms with Crippen molar-refractivity contribution in [1.29, 1.82) is 0 Å². The van der Waals surface area contributed by atoms with Crippen molar-refractivity contribution in [1.82, 2.24) is 5.32 Å². The van der Waals surface area contributed by atoms with Gasteiger partial charge in [-0.15, -0.1) is 11.3 Å². The summed E-state index contributed by atoms with van der Waals surface area (Å²) in [6.45, 7) is 8.65. The number of carbonyl (C=O) groups is 1.